The Kier molecular flexibility index (Phi) is 3.03. The van der Waals surface area contributed by atoms with Gasteiger partial charge in [0.1, 0.15) is 4.60 Å². The van der Waals surface area contributed by atoms with Gasteiger partial charge in [-0.15, -0.1) is 0 Å². The normalized spacial score (nSPS) is 22.4. The van der Waals surface area contributed by atoms with Crippen LogP contribution in [0.2, 0.25) is 0 Å². The van der Waals surface area contributed by atoms with Crippen LogP contribution in [0.3, 0.4) is 0 Å². The Morgan fingerprint density at radius 1 is 1.50 bits per heavy atom. The van der Waals surface area contributed by atoms with Gasteiger partial charge in [0.15, 0.2) is 0 Å². The second kappa shape index (κ2) is 4.28. The van der Waals surface area contributed by atoms with Gasteiger partial charge in [-0.3, -0.25) is 0 Å². The van der Waals surface area contributed by atoms with Crippen molar-refractivity contribution in [3.05, 3.63) is 22.9 Å². The summed E-state index contributed by atoms with van der Waals surface area (Å²) in [7, 11) is 0. The van der Waals surface area contributed by atoms with Gasteiger partial charge in [-0.05, 0) is 40.9 Å². The number of hydrogen-bond donors (Lipinski definition) is 1. The highest BCUT2D eigenvalue weighted by Gasteiger charge is 2.16. The molecule has 0 amide bonds. The van der Waals surface area contributed by atoms with Crippen molar-refractivity contribution in [2.75, 3.05) is 18.0 Å². The van der Waals surface area contributed by atoms with Crippen molar-refractivity contribution in [1.29, 1.82) is 0 Å². The van der Waals surface area contributed by atoms with E-state index in [2.05, 4.69) is 31.9 Å². The highest BCUT2D eigenvalue weighted by atomic mass is 79.9. The van der Waals surface area contributed by atoms with Crippen LogP contribution in [0.15, 0.2) is 22.9 Å². The largest absolute Gasteiger partial charge is 0.369 e. The summed E-state index contributed by atoms with van der Waals surface area (Å²) in [6.07, 6.45) is 4.21. The molecule has 1 saturated heterocycles. The Hall–Kier alpha value is -0.610. The van der Waals surface area contributed by atoms with E-state index in [9.17, 15) is 0 Å². The molecule has 2 heterocycles. The first-order valence-corrected chi connectivity index (χ1v) is 5.67. The zero-order valence-electron chi connectivity index (χ0n) is 7.99. The van der Waals surface area contributed by atoms with Crippen LogP contribution >= 0.6 is 15.9 Å². The number of piperidine rings is 1. The number of hydrogen-bond acceptors (Lipinski definition) is 3. The predicted octanol–water partition coefficient (Wildman–Crippen LogP) is 1.77. The zero-order valence-corrected chi connectivity index (χ0v) is 9.57. The van der Waals surface area contributed by atoms with Crippen LogP contribution in [-0.2, 0) is 0 Å². The Morgan fingerprint density at radius 3 is 3.00 bits per heavy atom. The molecule has 1 aliphatic heterocycles. The summed E-state index contributed by atoms with van der Waals surface area (Å²) in [6.45, 7) is 2.04. The number of anilines is 1. The minimum atomic E-state index is 0.312. The maximum absolute atomic E-state index is 5.92. The lowest BCUT2D eigenvalue weighted by Gasteiger charge is -2.32. The maximum Gasteiger partial charge on any atom is 0.106 e. The SMILES string of the molecule is N[C@@H]1CCCN(c2ccc(Br)nc2)C1. The molecule has 14 heavy (non-hydrogen) atoms. The lowest BCUT2D eigenvalue weighted by Crippen LogP contribution is -2.42. The van der Waals surface area contributed by atoms with Crippen LogP contribution in [0, 0.1) is 0 Å². The molecule has 0 aliphatic carbocycles. The number of aromatic nitrogens is 1. The van der Waals surface area contributed by atoms with Crippen molar-refractivity contribution in [3.8, 4) is 0 Å². The van der Waals surface area contributed by atoms with Gasteiger partial charge in [0.2, 0.25) is 0 Å². The number of rotatable bonds is 1. The standard InChI is InChI=1S/C10H14BrN3/c11-10-4-3-9(6-13-10)14-5-1-2-8(12)7-14/h3-4,6,8H,1-2,5,7,12H2/t8-/m1/s1. The molecule has 4 heteroatoms. The Labute approximate surface area is 92.4 Å². The van der Waals surface area contributed by atoms with E-state index in [0.717, 1.165) is 24.1 Å². The van der Waals surface area contributed by atoms with E-state index >= 15 is 0 Å². The van der Waals surface area contributed by atoms with Gasteiger partial charge in [-0.2, -0.15) is 0 Å². The molecule has 1 aromatic rings. The molecule has 0 aromatic carbocycles. The Balaban J connectivity index is 2.10. The van der Waals surface area contributed by atoms with Gasteiger partial charge in [-0.1, -0.05) is 0 Å². The Morgan fingerprint density at radius 2 is 2.36 bits per heavy atom. The summed E-state index contributed by atoms with van der Waals surface area (Å²) in [5, 5.41) is 0. The van der Waals surface area contributed by atoms with Crippen LogP contribution in [0.1, 0.15) is 12.8 Å². The average Bonchev–Trinajstić information content (AvgIpc) is 2.19. The van der Waals surface area contributed by atoms with Gasteiger partial charge >= 0.3 is 0 Å². The molecular formula is C10H14BrN3. The van der Waals surface area contributed by atoms with Crippen molar-refractivity contribution < 1.29 is 0 Å². The van der Waals surface area contributed by atoms with Crippen LogP contribution in [-0.4, -0.2) is 24.1 Å². The van der Waals surface area contributed by atoms with Crippen molar-refractivity contribution in [3.63, 3.8) is 0 Å². The molecule has 0 unspecified atom stereocenters. The summed E-state index contributed by atoms with van der Waals surface area (Å²) in [5.41, 5.74) is 7.09. The van der Waals surface area contributed by atoms with Crippen LogP contribution in [0.25, 0.3) is 0 Å². The van der Waals surface area contributed by atoms with E-state index in [1.54, 1.807) is 0 Å². The molecule has 1 aromatic heterocycles. The fourth-order valence-corrected chi connectivity index (χ4v) is 2.03. The molecule has 1 aliphatic rings. The summed E-state index contributed by atoms with van der Waals surface area (Å²) >= 11 is 3.33. The van der Waals surface area contributed by atoms with Gasteiger partial charge in [0.25, 0.3) is 0 Å². The molecule has 0 bridgehead atoms. The maximum atomic E-state index is 5.92. The minimum Gasteiger partial charge on any atom is -0.369 e. The molecule has 0 radical (unpaired) electrons. The third-order valence-corrected chi connectivity index (χ3v) is 3.00. The first-order chi connectivity index (χ1) is 6.75. The molecule has 1 fully saturated rings. The molecule has 3 nitrogen and oxygen atoms in total. The molecule has 2 rings (SSSR count). The Bertz CT molecular complexity index is 299. The lowest BCUT2D eigenvalue weighted by molar-refractivity contribution is 0.506. The van der Waals surface area contributed by atoms with Gasteiger partial charge in [0.05, 0.1) is 11.9 Å². The fraction of sp³-hybridized carbons (Fsp3) is 0.500. The quantitative estimate of drug-likeness (QED) is 0.779. The van der Waals surface area contributed by atoms with E-state index in [0.29, 0.717) is 6.04 Å². The third-order valence-electron chi connectivity index (χ3n) is 2.53. The molecular weight excluding hydrogens is 242 g/mol. The molecule has 0 spiro atoms. The van der Waals surface area contributed by atoms with Crippen molar-refractivity contribution >= 4 is 21.6 Å². The number of nitrogens with zero attached hydrogens (tertiary/aromatic N) is 2. The lowest BCUT2D eigenvalue weighted by atomic mass is 10.1. The highest BCUT2D eigenvalue weighted by Crippen LogP contribution is 2.19. The molecule has 1 atom stereocenters. The van der Waals surface area contributed by atoms with Crippen LogP contribution < -0.4 is 10.6 Å². The number of nitrogens with two attached hydrogens (primary N) is 1. The van der Waals surface area contributed by atoms with Crippen LogP contribution in [0.4, 0.5) is 5.69 Å². The van der Waals surface area contributed by atoms with Crippen LogP contribution in [0.5, 0.6) is 0 Å². The van der Waals surface area contributed by atoms with E-state index in [1.165, 1.54) is 12.1 Å². The van der Waals surface area contributed by atoms with Crippen molar-refractivity contribution in [1.82, 2.24) is 4.98 Å². The highest BCUT2D eigenvalue weighted by molar-refractivity contribution is 9.10. The summed E-state index contributed by atoms with van der Waals surface area (Å²) < 4.78 is 0.877. The average molecular weight is 256 g/mol. The second-order valence-electron chi connectivity index (χ2n) is 3.69. The first kappa shape index (κ1) is 9.93. The predicted molar refractivity (Wildman–Crippen MR) is 61.4 cm³/mol. The molecule has 0 saturated carbocycles. The smallest absolute Gasteiger partial charge is 0.106 e. The van der Waals surface area contributed by atoms with Gasteiger partial charge < -0.3 is 10.6 Å². The van der Waals surface area contributed by atoms with Crippen molar-refractivity contribution in [2.24, 2.45) is 5.73 Å². The van der Waals surface area contributed by atoms with E-state index in [-0.39, 0.29) is 0 Å². The fourth-order valence-electron chi connectivity index (χ4n) is 1.80. The first-order valence-electron chi connectivity index (χ1n) is 4.88. The van der Waals surface area contributed by atoms with E-state index in [4.69, 9.17) is 5.73 Å². The summed E-state index contributed by atoms with van der Waals surface area (Å²) in [5.74, 6) is 0. The van der Waals surface area contributed by atoms with Crippen molar-refractivity contribution in [2.45, 2.75) is 18.9 Å². The molecule has 76 valence electrons. The third kappa shape index (κ3) is 2.25. The second-order valence-corrected chi connectivity index (χ2v) is 4.50. The molecule has 2 N–H and O–H groups in total. The zero-order chi connectivity index (χ0) is 9.97. The van der Waals surface area contributed by atoms with Gasteiger partial charge in [0, 0.05) is 19.1 Å². The number of halogens is 1. The minimum absolute atomic E-state index is 0.312. The van der Waals surface area contributed by atoms with Gasteiger partial charge in [-0.25, -0.2) is 4.98 Å². The van der Waals surface area contributed by atoms with E-state index in [1.807, 2.05) is 12.3 Å². The number of pyridine rings is 1. The summed E-state index contributed by atoms with van der Waals surface area (Å²) in [4.78, 5) is 6.51. The topological polar surface area (TPSA) is 42.1 Å². The summed E-state index contributed by atoms with van der Waals surface area (Å²) in [6, 6.07) is 4.36. The monoisotopic (exact) mass is 255 g/mol. The van der Waals surface area contributed by atoms with E-state index < -0.39 is 0 Å².